The Morgan fingerprint density at radius 3 is 2.94 bits per heavy atom. The number of halogens is 3. The SMILES string of the molecule is CSc1cc2[nH]ncc2cc1Nc1ncnc2sc3c(c12)CC[C@H](C(=O)N(C)CCC(F)(F)F)C3. The summed E-state index contributed by atoms with van der Waals surface area (Å²) < 4.78 is 37.7. The Bertz CT molecular complexity index is 1400. The zero-order valence-corrected chi connectivity index (χ0v) is 20.7. The van der Waals surface area contributed by atoms with Gasteiger partial charge in [-0.1, -0.05) is 0 Å². The quantitative estimate of drug-likeness (QED) is 0.324. The van der Waals surface area contributed by atoms with Crippen LogP contribution in [0.3, 0.4) is 0 Å². The molecule has 3 heterocycles. The monoisotopic (exact) mass is 520 g/mol. The molecule has 1 amide bonds. The molecule has 35 heavy (non-hydrogen) atoms. The number of fused-ring (bicyclic) bond motifs is 4. The molecule has 1 aliphatic carbocycles. The van der Waals surface area contributed by atoms with Gasteiger partial charge in [0.1, 0.15) is 17.0 Å². The number of hydrogen-bond acceptors (Lipinski definition) is 7. The molecule has 1 aliphatic rings. The lowest BCUT2D eigenvalue weighted by atomic mass is 9.87. The third-order valence-electron chi connectivity index (χ3n) is 6.31. The fourth-order valence-electron chi connectivity index (χ4n) is 4.50. The number of rotatable bonds is 6. The predicted octanol–water partition coefficient (Wildman–Crippen LogP) is 5.55. The molecule has 0 bridgehead atoms. The molecule has 0 aliphatic heterocycles. The van der Waals surface area contributed by atoms with Crippen LogP contribution in [-0.2, 0) is 17.6 Å². The largest absolute Gasteiger partial charge is 0.390 e. The van der Waals surface area contributed by atoms with E-state index < -0.39 is 12.6 Å². The zero-order valence-electron chi connectivity index (χ0n) is 19.1. The molecule has 0 spiro atoms. The number of benzene rings is 1. The van der Waals surface area contributed by atoms with E-state index in [9.17, 15) is 18.0 Å². The minimum absolute atomic E-state index is 0.236. The number of carbonyl (C=O) groups is 1. The molecular formula is C23H23F3N6OS2. The number of anilines is 2. The molecule has 7 nitrogen and oxygen atoms in total. The van der Waals surface area contributed by atoms with Gasteiger partial charge in [-0.05, 0) is 43.2 Å². The fourth-order valence-corrected chi connectivity index (χ4v) is 6.33. The Morgan fingerprint density at radius 2 is 2.17 bits per heavy atom. The van der Waals surface area contributed by atoms with Gasteiger partial charge in [0.05, 0.1) is 29.2 Å². The molecule has 12 heteroatoms. The lowest BCUT2D eigenvalue weighted by Crippen LogP contribution is -2.37. The first-order valence-electron chi connectivity index (χ1n) is 11.1. The van der Waals surface area contributed by atoms with Gasteiger partial charge in [-0.2, -0.15) is 18.3 Å². The van der Waals surface area contributed by atoms with Crippen molar-refractivity contribution in [3.05, 3.63) is 35.1 Å². The number of amides is 1. The number of hydrogen-bond donors (Lipinski definition) is 2. The second kappa shape index (κ2) is 9.30. The minimum atomic E-state index is -4.28. The zero-order chi connectivity index (χ0) is 24.7. The molecule has 0 saturated heterocycles. The molecular weight excluding hydrogens is 497 g/mol. The highest BCUT2D eigenvalue weighted by Gasteiger charge is 2.33. The molecule has 3 aromatic heterocycles. The van der Waals surface area contributed by atoms with Crippen LogP contribution in [0.4, 0.5) is 24.7 Å². The summed E-state index contributed by atoms with van der Waals surface area (Å²) in [5, 5.41) is 12.5. The number of nitrogens with zero attached hydrogens (tertiary/aromatic N) is 4. The lowest BCUT2D eigenvalue weighted by molar-refractivity contribution is -0.146. The van der Waals surface area contributed by atoms with Crippen molar-refractivity contribution in [3.63, 3.8) is 0 Å². The number of nitrogens with one attached hydrogen (secondary N) is 2. The standard InChI is InChI=1S/C23H23F3N6OS2/c1-32(6-5-23(24,25)26)22(33)12-3-4-14-17(8-12)35-21-19(14)20(27-11-28-21)30-16-7-13-10-29-31-15(13)9-18(16)34-2/h7,9-12H,3-6,8H2,1-2H3,(H,29,31)(H,27,28,30)/t12-/m0/s1. The van der Waals surface area contributed by atoms with Gasteiger partial charge in [0.2, 0.25) is 5.91 Å². The van der Waals surface area contributed by atoms with Crippen molar-refractivity contribution < 1.29 is 18.0 Å². The minimum Gasteiger partial charge on any atom is -0.345 e. The van der Waals surface area contributed by atoms with Gasteiger partial charge in [0.15, 0.2) is 0 Å². The molecule has 0 unspecified atom stereocenters. The maximum absolute atomic E-state index is 12.8. The summed E-state index contributed by atoms with van der Waals surface area (Å²) in [5.41, 5.74) is 2.99. The van der Waals surface area contributed by atoms with Crippen molar-refractivity contribution in [2.75, 3.05) is 25.2 Å². The molecule has 184 valence electrons. The predicted molar refractivity (Wildman–Crippen MR) is 132 cm³/mol. The third-order valence-corrected chi connectivity index (χ3v) is 8.25. The first-order valence-corrected chi connectivity index (χ1v) is 13.1. The fraction of sp³-hybridized carbons (Fsp3) is 0.391. The van der Waals surface area contributed by atoms with Gasteiger partial charge in [0.25, 0.3) is 0 Å². The van der Waals surface area contributed by atoms with Gasteiger partial charge in [-0.25, -0.2) is 9.97 Å². The van der Waals surface area contributed by atoms with Gasteiger partial charge in [-0.3, -0.25) is 9.89 Å². The van der Waals surface area contributed by atoms with Crippen molar-refractivity contribution in [1.82, 2.24) is 25.1 Å². The summed E-state index contributed by atoms with van der Waals surface area (Å²) in [6.07, 6.45) is 1.76. The number of thiophene rings is 1. The number of alkyl halides is 3. The van der Waals surface area contributed by atoms with Gasteiger partial charge >= 0.3 is 6.18 Å². The first-order chi connectivity index (χ1) is 16.7. The molecule has 2 N–H and O–H groups in total. The Balaban J connectivity index is 1.41. The number of aromatic amines is 1. The Hall–Kier alpha value is -2.86. The van der Waals surface area contributed by atoms with Crippen LogP contribution in [0.2, 0.25) is 0 Å². The molecule has 0 saturated carbocycles. The van der Waals surface area contributed by atoms with Gasteiger partial charge < -0.3 is 10.2 Å². The summed E-state index contributed by atoms with van der Waals surface area (Å²) >= 11 is 3.14. The van der Waals surface area contributed by atoms with E-state index >= 15 is 0 Å². The van der Waals surface area contributed by atoms with E-state index in [1.807, 2.05) is 18.4 Å². The highest BCUT2D eigenvalue weighted by molar-refractivity contribution is 7.98. The summed E-state index contributed by atoms with van der Waals surface area (Å²) in [4.78, 5) is 25.9. The third kappa shape index (κ3) is 4.81. The molecule has 1 atom stereocenters. The topological polar surface area (TPSA) is 86.8 Å². The van der Waals surface area contributed by atoms with E-state index in [0.29, 0.717) is 25.1 Å². The molecule has 4 aromatic rings. The van der Waals surface area contributed by atoms with Crippen molar-refractivity contribution >= 4 is 61.6 Å². The van der Waals surface area contributed by atoms with Gasteiger partial charge in [0, 0.05) is 34.7 Å². The Kier molecular flexibility index (Phi) is 6.34. The molecule has 0 fully saturated rings. The Morgan fingerprint density at radius 1 is 1.34 bits per heavy atom. The number of aryl methyl sites for hydroxylation is 1. The van der Waals surface area contributed by atoms with Crippen molar-refractivity contribution in [2.45, 2.75) is 36.8 Å². The van der Waals surface area contributed by atoms with Crippen LogP contribution < -0.4 is 5.32 Å². The van der Waals surface area contributed by atoms with E-state index in [-0.39, 0.29) is 18.4 Å². The molecule has 0 radical (unpaired) electrons. The van der Waals surface area contributed by atoms with Crippen LogP contribution in [0, 0.1) is 5.92 Å². The number of H-pyrrole nitrogens is 1. The molecule has 5 rings (SSSR count). The van der Waals surface area contributed by atoms with Crippen LogP contribution in [0.15, 0.2) is 29.6 Å². The van der Waals surface area contributed by atoms with Crippen molar-refractivity contribution in [2.24, 2.45) is 5.92 Å². The van der Waals surface area contributed by atoms with Crippen LogP contribution in [0.5, 0.6) is 0 Å². The summed E-state index contributed by atoms with van der Waals surface area (Å²) in [7, 11) is 1.45. The van der Waals surface area contributed by atoms with E-state index in [1.54, 1.807) is 18.0 Å². The van der Waals surface area contributed by atoms with Gasteiger partial charge in [-0.15, -0.1) is 23.1 Å². The van der Waals surface area contributed by atoms with Crippen LogP contribution in [0.25, 0.3) is 21.1 Å². The van der Waals surface area contributed by atoms with E-state index in [1.165, 1.54) is 29.6 Å². The number of carbonyl (C=O) groups excluding carboxylic acids is 1. The van der Waals surface area contributed by atoms with Crippen molar-refractivity contribution in [3.8, 4) is 0 Å². The van der Waals surface area contributed by atoms with Crippen molar-refractivity contribution in [1.29, 1.82) is 0 Å². The second-order valence-electron chi connectivity index (χ2n) is 8.61. The normalized spacial score (nSPS) is 16.0. The first kappa shape index (κ1) is 23.9. The second-order valence-corrected chi connectivity index (χ2v) is 10.5. The lowest BCUT2D eigenvalue weighted by Gasteiger charge is -2.27. The average molecular weight is 521 g/mol. The highest BCUT2D eigenvalue weighted by Crippen LogP contribution is 2.42. The van der Waals surface area contributed by atoms with E-state index in [2.05, 4.69) is 25.5 Å². The van der Waals surface area contributed by atoms with Crippen LogP contribution in [-0.4, -0.2) is 57.0 Å². The van der Waals surface area contributed by atoms with E-state index in [4.69, 9.17) is 0 Å². The average Bonchev–Trinajstić information content (AvgIpc) is 3.44. The van der Waals surface area contributed by atoms with Crippen LogP contribution >= 0.6 is 23.1 Å². The maximum Gasteiger partial charge on any atom is 0.390 e. The summed E-state index contributed by atoms with van der Waals surface area (Å²) in [6, 6.07) is 4.07. The maximum atomic E-state index is 12.8. The number of aromatic nitrogens is 4. The Labute approximate surface area is 207 Å². The highest BCUT2D eigenvalue weighted by atomic mass is 32.2. The van der Waals surface area contributed by atoms with Crippen LogP contribution in [0.1, 0.15) is 23.3 Å². The number of thioether (sulfide) groups is 1. The summed E-state index contributed by atoms with van der Waals surface area (Å²) in [5.74, 6) is 0.141. The summed E-state index contributed by atoms with van der Waals surface area (Å²) in [6.45, 7) is -0.323. The van der Waals surface area contributed by atoms with E-state index in [0.717, 1.165) is 42.1 Å². The molecule has 1 aromatic carbocycles. The smallest absolute Gasteiger partial charge is 0.345 e.